The summed E-state index contributed by atoms with van der Waals surface area (Å²) in [6.45, 7) is 2.59. The number of hydrogen-bond acceptors (Lipinski definition) is 4. The maximum atomic E-state index is 12.2. The maximum absolute atomic E-state index is 12.2. The zero-order chi connectivity index (χ0) is 21.7. The van der Waals surface area contributed by atoms with Crippen molar-refractivity contribution in [3.05, 3.63) is 0 Å². The molecule has 0 aromatic carbocycles. The minimum absolute atomic E-state index is 0.133. The number of hydrogen-bond donors (Lipinski definition) is 1. The van der Waals surface area contributed by atoms with Crippen LogP contribution in [0, 0.1) is 0 Å². The number of piperidine rings is 1. The van der Waals surface area contributed by atoms with E-state index in [1.807, 2.05) is 0 Å². The van der Waals surface area contributed by atoms with E-state index in [1.54, 1.807) is 0 Å². The van der Waals surface area contributed by atoms with Gasteiger partial charge in [-0.05, 0) is 39.2 Å². The third-order valence-corrected chi connectivity index (χ3v) is 8.16. The SMILES string of the molecule is CCCCCCCCCCCCCCCCOP(=O)(O)OC1CC2CC[C@H](C1)N2C. The monoisotopic (exact) mass is 445 g/mol. The van der Waals surface area contributed by atoms with E-state index in [-0.39, 0.29) is 6.10 Å². The van der Waals surface area contributed by atoms with Crippen LogP contribution in [0.3, 0.4) is 0 Å². The van der Waals surface area contributed by atoms with Gasteiger partial charge in [-0.3, -0.25) is 9.05 Å². The van der Waals surface area contributed by atoms with Crippen molar-refractivity contribution in [3.63, 3.8) is 0 Å². The smallest absolute Gasteiger partial charge is 0.302 e. The van der Waals surface area contributed by atoms with E-state index in [4.69, 9.17) is 9.05 Å². The first-order chi connectivity index (χ1) is 14.5. The van der Waals surface area contributed by atoms with Gasteiger partial charge in [-0.2, -0.15) is 0 Å². The molecule has 0 spiro atoms. The zero-order valence-corrected chi connectivity index (χ0v) is 20.6. The first-order valence-electron chi connectivity index (χ1n) is 12.9. The van der Waals surface area contributed by atoms with Gasteiger partial charge >= 0.3 is 7.82 Å². The summed E-state index contributed by atoms with van der Waals surface area (Å²) in [6.07, 6.45) is 22.1. The molecule has 0 amide bonds. The van der Waals surface area contributed by atoms with Crippen molar-refractivity contribution in [3.8, 4) is 0 Å². The Hall–Kier alpha value is 0.0700. The third-order valence-electron chi connectivity index (χ3n) is 7.09. The number of unbranched alkanes of at least 4 members (excludes halogenated alkanes) is 13. The normalized spacial score (nSPS) is 26.2. The van der Waals surface area contributed by atoms with Crippen LogP contribution in [0.5, 0.6) is 0 Å². The van der Waals surface area contributed by atoms with Crippen LogP contribution in [-0.2, 0) is 13.6 Å². The van der Waals surface area contributed by atoms with Crippen molar-refractivity contribution in [2.75, 3.05) is 13.7 Å². The van der Waals surface area contributed by atoms with Crippen molar-refractivity contribution < 1.29 is 18.5 Å². The number of phosphoric acid groups is 1. The molecule has 30 heavy (non-hydrogen) atoms. The summed E-state index contributed by atoms with van der Waals surface area (Å²) in [5, 5.41) is 0. The first kappa shape index (κ1) is 26.3. The minimum Gasteiger partial charge on any atom is -0.302 e. The quantitative estimate of drug-likeness (QED) is 0.178. The molecule has 2 saturated heterocycles. The molecule has 2 heterocycles. The fourth-order valence-corrected chi connectivity index (χ4v) is 6.11. The zero-order valence-electron chi connectivity index (χ0n) is 19.7. The maximum Gasteiger partial charge on any atom is 0.472 e. The average molecular weight is 446 g/mol. The summed E-state index contributed by atoms with van der Waals surface area (Å²) in [6, 6.07) is 0.999. The van der Waals surface area contributed by atoms with Crippen LogP contribution in [0.25, 0.3) is 0 Å². The van der Waals surface area contributed by atoms with Crippen LogP contribution in [-0.4, -0.2) is 41.6 Å². The fourth-order valence-electron chi connectivity index (χ4n) is 5.14. The Morgan fingerprint density at radius 1 is 0.800 bits per heavy atom. The molecule has 2 aliphatic heterocycles. The highest BCUT2D eigenvalue weighted by Crippen LogP contribution is 2.48. The summed E-state index contributed by atoms with van der Waals surface area (Å²) in [5.41, 5.74) is 0. The van der Waals surface area contributed by atoms with Gasteiger partial charge in [0.15, 0.2) is 0 Å². The second-order valence-corrected chi connectivity index (χ2v) is 11.1. The number of phosphoric ester groups is 1. The van der Waals surface area contributed by atoms with Gasteiger partial charge in [0.05, 0.1) is 12.7 Å². The largest absolute Gasteiger partial charge is 0.472 e. The standard InChI is InChI=1S/C24H48NO4P/c1-3-4-5-6-7-8-9-10-11-12-13-14-15-16-19-28-30(26,27)29-24-20-22-17-18-23(21-24)25(22)2/h22-24H,3-21H2,1-2H3,(H,26,27)/t22-,23?,24?/m1/s1. The van der Waals surface area contributed by atoms with Crippen LogP contribution in [0.4, 0.5) is 0 Å². The highest BCUT2D eigenvalue weighted by molar-refractivity contribution is 7.47. The molecule has 0 aromatic rings. The molecule has 0 aromatic heterocycles. The van der Waals surface area contributed by atoms with E-state index in [0.717, 1.165) is 25.7 Å². The summed E-state index contributed by atoms with van der Waals surface area (Å²) in [4.78, 5) is 12.4. The lowest BCUT2D eigenvalue weighted by atomic mass is 10.0. The lowest BCUT2D eigenvalue weighted by Gasteiger charge is -2.36. The molecule has 1 N–H and O–H groups in total. The predicted octanol–water partition coefficient (Wildman–Crippen LogP) is 7.23. The Morgan fingerprint density at radius 3 is 1.70 bits per heavy atom. The van der Waals surface area contributed by atoms with Crippen molar-refractivity contribution in [2.45, 2.75) is 141 Å². The summed E-state index contributed by atoms with van der Waals surface area (Å²) in [7, 11) is -1.76. The molecule has 0 radical (unpaired) electrons. The minimum atomic E-state index is -3.91. The molecular weight excluding hydrogens is 397 g/mol. The van der Waals surface area contributed by atoms with Crippen LogP contribution in [0.15, 0.2) is 0 Å². The predicted molar refractivity (Wildman–Crippen MR) is 125 cm³/mol. The number of rotatable bonds is 18. The molecule has 3 unspecified atom stereocenters. The van der Waals surface area contributed by atoms with Gasteiger partial charge in [0, 0.05) is 12.1 Å². The van der Waals surface area contributed by atoms with Crippen molar-refractivity contribution in [1.29, 1.82) is 0 Å². The van der Waals surface area contributed by atoms with Crippen molar-refractivity contribution >= 4 is 7.82 Å². The molecule has 5 nitrogen and oxygen atoms in total. The summed E-state index contributed by atoms with van der Waals surface area (Å²) >= 11 is 0. The van der Waals surface area contributed by atoms with E-state index in [0.29, 0.717) is 18.7 Å². The van der Waals surface area contributed by atoms with E-state index >= 15 is 0 Å². The molecule has 2 rings (SSSR count). The van der Waals surface area contributed by atoms with Crippen molar-refractivity contribution in [1.82, 2.24) is 4.90 Å². The van der Waals surface area contributed by atoms with E-state index < -0.39 is 7.82 Å². The molecule has 0 aliphatic carbocycles. The van der Waals surface area contributed by atoms with Gasteiger partial charge < -0.3 is 9.79 Å². The summed E-state index contributed by atoms with van der Waals surface area (Å²) in [5.74, 6) is 0. The van der Waals surface area contributed by atoms with Gasteiger partial charge in [0.1, 0.15) is 0 Å². The van der Waals surface area contributed by atoms with Gasteiger partial charge in [0.2, 0.25) is 0 Å². The average Bonchev–Trinajstić information content (AvgIpc) is 2.91. The summed E-state index contributed by atoms with van der Waals surface area (Å²) < 4.78 is 23.0. The van der Waals surface area contributed by atoms with E-state index in [2.05, 4.69) is 18.9 Å². The van der Waals surface area contributed by atoms with Crippen LogP contribution < -0.4 is 0 Å². The molecule has 6 heteroatoms. The molecule has 2 fully saturated rings. The van der Waals surface area contributed by atoms with Crippen molar-refractivity contribution in [2.24, 2.45) is 0 Å². The Bertz CT molecular complexity index is 476. The molecule has 0 saturated carbocycles. The Labute approximate surface area is 185 Å². The topological polar surface area (TPSA) is 59.0 Å². The van der Waals surface area contributed by atoms with Crippen LogP contribution in [0.1, 0.15) is 122 Å². The van der Waals surface area contributed by atoms with E-state index in [9.17, 15) is 9.46 Å². The highest BCUT2D eigenvalue weighted by atomic mass is 31.2. The Morgan fingerprint density at radius 2 is 1.23 bits per heavy atom. The lowest BCUT2D eigenvalue weighted by molar-refractivity contribution is 0.0349. The fraction of sp³-hybridized carbons (Fsp3) is 1.00. The Balaban J connectivity index is 1.37. The van der Waals surface area contributed by atoms with Gasteiger partial charge in [-0.15, -0.1) is 0 Å². The number of nitrogens with zero attached hydrogens (tertiary/aromatic N) is 1. The van der Waals surface area contributed by atoms with Gasteiger partial charge in [0.25, 0.3) is 0 Å². The molecule has 2 bridgehead atoms. The van der Waals surface area contributed by atoms with E-state index in [1.165, 1.54) is 89.9 Å². The van der Waals surface area contributed by atoms with Crippen LogP contribution >= 0.6 is 7.82 Å². The molecule has 2 aliphatic rings. The van der Waals surface area contributed by atoms with Crippen LogP contribution in [0.2, 0.25) is 0 Å². The second kappa shape index (κ2) is 15.0. The second-order valence-electron chi connectivity index (χ2n) is 9.65. The van der Waals surface area contributed by atoms with Gasteiger partial charge in [-0.25, -0.2) is 4.57 Å². The molecule has 4 atom stereocenters. The van der Waals surface area contributed by atoms with Gasteiger partial charge in [-0.1, -0.05) is 90.4 Å². The molecular formula is C24H48NO4P. The number of fused-ring (bicyclic) bond motifs is 2. The highest BCUT2D eigenvalue weighted by Gasteiger charge is 2.41. The third kappa shape index (κ3) is 10.6. The molecule has 178 valence electrons. The Kier molecular flexibility index (Phi) is 13.2. The lowest BCUT2D eigenvalue weighted by Crippen LogP contribution is -2.42. The first-order valence-corrected chi connectivity index (χ1v) is 14.4.